The van der Waals surface area contributed by atoms with Gasteiger partial charge in [-0.05, 0) is 24.3 Å². The second-order valence-corrected chi connectivity index (χ2v) is 6.85. The van der Waals surface area contributed by atoms with Crippen molar-refractivity contribution < 1.29 is 13.2 Å². The number of pyridine rings is 1. The van der Waals surface area contributed by atoms with Gasteiger partial charge in [0.05, 0.1) is 16.8 Å². The Morgan fingerprint density at radius 2 is 1.68 bits per heavy atom. The lowest BCUT2D eigenvalue weighted by molar-refractivity contribution is -0.137. The van der Waals surface area contributed by atoms with Gasteiger partial charge < -0.3 is 0 Å². The third-order valence-electron chi connectivity index (χ3n) is 2.38. The summed E-state index contributed by atoms with van der Waals surface area (Å²) in [5.74, 6) is 0. The van der Waals surface area contributed by atoms with Crippen LogP contribution in [0.25, 0.3) is 10.9 Å². The van der Waals surface area contributed by atoms with Gasteiger partial charge in [0.15, 0.2) is 0 Å². The van der Waals surface area contributed by atoms with Gasteiger partial charge in [0.25, 0.3) is 0 Å². The van der Waals surface area contributed by atoms with E-state index in [1.165, 1.54) is 12.1 Å². The highest BCUT2D eigenvalue weighted by molar-refractivity contribution is 9.10. The molecule has 2 rings (SSSR count). The van der Waals surface area contributed by atoms with Crippen molar-refractivity contribution in [2.24, 2.45) is 0 Å². The molecule has 19 heavy (non-hydrogen) atoms. The minimum atomic E-state index is -4.42. The average Bonchev–Trinajstić information content (AvgIpc) is 2.26. The molecule has 1 aromatic heterocycles. The van der Waals surface area contributed by atoms with Crippen molar-refractivity contribution in [1.82, 2.24) is 4.98 Å². The second kappa shape index (κ2) is 4.95. The molecule has 1 nitrogen and oxygen atoms in total. The van der Waals surface area contributed by atoms with Crippen molar-refractivity contribution in [3.63, 3.8) is 0 Å². The second-order valence-electron chi connectivity index (χ2n) is 3.72. The molecule has 0 aliphatic heterocycles. The maximum absolute atomic E-state index is 12.6. The number of hydrogen-bond acceptors (Lipinski definition) is 1. The Labute approximate surface area is 129 Å². The van der Waals surface area contributed by atoms with Crippen molar-refractivity contribution in [2.75, 3.05) is 0 Å². The fourth-order valence-corrected chi connectivity index (χ4v) is 2.33. The Morgan fingerprint density at radius 1 is 1.05 bits per heavy atom. The quantitative estimate of drug-likeness (QED) is 0.512. The molecule has 2 aromatic rings. The van der Waals surface area contributed by atoms with Crippen LogP contribution in [0.5, 0.6) is 0 Å². The molecule has 0 saturated carbocycles. The lowest BCUT2D eigenvalue weighted by Gasteiger charge is -2.13. The van der Waals surface area contributed by atoms with Crippen LogP contribution in [0.2, 0.25) is 0 Å². The summed E-state index contributed by atoms with van der Waals surface area (Å²) in [7, 11) is 0. The highest BCUT2D eigenvalue weighted by Gasteiger charge is 2.31. The summed E-state index contributed by atoms with van der Waals surface area (Å²) in [6.07, 6.45) is -4.42. The molecule has 102 valence electrons. The first-order chi connectivity index (χ1) is 8.59. The fourth-order valence-electron chi connectivity index (χ4n) is 1.51. The van der Waals surface area contributed by atoms with Gasteiger partial charge in [-0.2, -0.15) is 13.2 Å². The molecule has 0 radical (unpaired) electrons. The first-order valence-electron chi connectivity index (χ1n) is 4.84. The predicted molar refractivity (Wildman–Crippen MR) is 73.7 cm³/mol. The van der Waals surface area contributed by atoms with Gasteiger partial charge in [0, 0.05) is 9.86 Å². The number of hydrogen-bond donors (Lipinski definition) is 0. The van der Waals surface area contributed by atoms with E-state index in [1.807, 2.05) is 0 Å². The van der Waals surface area contributed by atoms with E-state index >= 15 is 0 Å². The third-order valence-corrected chi connectivity index (χ3v) is 3.61. The van der Waals surface area contributed by atoms with E-state index in [1.54, 1.807) is 0 Å². The summed E-state index contributed by atoms with van der Waals surface area (Å²) in [6.45, 7) is 0. The number of nitrogens with zero attached hydrogens (tertiary/aromatic N) is 1. The number of rotatable bonds is 0. The first kappa shape index (κ1) is 15.2. The van der Waals surface area contributed by atoms with Gasteiger partial charge in [0.2, 0.25) is 3.79 Å². The van der Waals surface area contributed by atoms with Crippen LogP contribution in [-0.2, 0) is 9.97 Å². The third kappa shape index (κ3) is 3.27. The molecule has 0 spiro atoms. The smallest absolute Gasteiger partial charge is 0.248 e. The highest BCUT2D eigenvalue weighted by Crippen LogP contribution is 2.40. The van der Waals surface area contributed by atoms with Gasteiger partial charge in [-0.1, -0.05) is 50.7 Å². The monoisotopic (exact) mass is 391 g/mol. The van der Waals surface area contributed by atoms with Gasteiger partial charge >= 0.3 is 6.18 Å². The van der Waals surface area contributed by atoms with Crippen LogP contribution in [0.4, 0.5) is 13.2 Å². The maximum Gasteiger partial charge on any atom is 0.416 e. The van der Waals surface area contributed by atoms with Crippen molar-refractivity contribution in [3.05, 3.63) is 40.0 Å². The molecule has 1 aromatic carbocycles. The minimum absolute atomic E-state index is 0.136. The standard InChI is InChI=1S/C11H4BrCl3F3N/c12-7-4-9(10(13,14)15)19-8-2-1-5(3-6(7)8)11(16,17)18/h1-4H. The molecule has 0 bridgehead atoms. The molecular formula is C11H4BrCl3F3N. The molecular weight excluding hydrogens is 389 g/mol. The van der Waals surface area contributed by atoms with Crippen molar-refractivity contribution in [3.8, 4) is 0 Å². The van der Waals surface area contributed by atoms with Crippen LogP contribution in [0, 0.1) is 0 Å². The minimum Gasteiger partial charge on any atom is -0.248 e. The predicted octanol–water partition coefficient (Wildman–Crippen LogP) is 5.84. The highest BCUT2D eigenvalue weighted by atomic mass is 79.9. The Kier molecular flexibility index (Phi) is 3.95. The van der Waals surface area contributed by atoms with Crippen LogP contribution in [0.15, 0.2) is 28.7 Å². The van der Waals surface area contributed by atoms with Crippen molar-refractivity contribution in [2.45, 2.75) is 9.97 Å². The van der Waals surface area contributed by atoms with Crippen molar-refractivity contribution >= 4 is 61.6 Å². The fraction of sp³-hybridized carbons (Fsp3) is 0.182. The normalized spacial score (nSPS) is 13.0. The van der Waals surface area contributed by atoms with Crippen LogP contribution in [0.1, 0.15) is 11.3 Å². The van der Waals surface area contributed by atoms with E-state index in [4.69, 9.17) is 34.8 Å². The molecule has 0 saturated heterocycles. The number of aromatic nitrogens is 1. The number of fused-ring (bicyclic) bond motifs is 1. The van der Waals surface area contributed by atoms with Crippen LogP contribution in [0.3, 0.4) is 0 Å². The summed E-state index contributed by atoms with van der Waals surface area (Å²) in [4.78, 5) is 4.04. The molecule has 0 atom stereocenters. The van der Waals surface area contributed by atoms with E-state index < -0.39 is 15.5 Å². The summed E-state index contributed by atoms with van der Waals surface area (Å²) >= 11 is 20.3. The zero-order chi connectivity index (χ0) is 14.4. The lowest BCUT2D eigenvalue weighted by atomic mass is 10.1. The first-order valence-corrected chi connectivity index (χ1v) is 6.76. The van der Waals surface area contributed by atoms with Crippen LogP contribution >= 0.6 is 50.7 Å². The Morgan fingerprint density at radius 3 is 2.21 bits per heavy atom. The summed E-state index contributed by atoms with van der Waals surface area (Å²) in [5.41, 5.74) is -0.315. The zero-order valence-electron chi connectivity index (χ0n) is 8.90. The Balaban J connectivity index is 2.67. The van der Waals surface area contributed by atoms with Gasteiger partial charge in [0.1, 0.15) is 0 Å². The Bertz CT molecular complexity index is 637. The maximum atomic E-state index is 12.6. The molecule has 1 heterocycles. The lowest BCUT2D eigenvalue weighted by Crippen LogP contribution is -2.06. The topological polar surface area (TPSA) is 12.9 Å². The van der Waals surface area contributed by atoms with E-state index in [0.717, 1.165) is 12.1 Å². The van der Waals surface area contributed by atoms with E-state index in [2.05, 4.69) is 20.9 Å². The van der Waals surface area contributed by atoms with E-state index in [9.17, 15) is 13.2 Å². The summed E-state index contributed by atoms with van der Waals surface area (Å²) in [5, 5.41) is 0.299. The Hall–Kier alpha value is -0.230. The van der Waals surface area contributed by atoms with Gasteiger partial charge in [-0.25, -0.2) is 4.98 Å². The van der Waals surface area contributed by atoms with Gasteiger partial charge in [-0.15, -0.1) is 0 Å². The van der Waals surface area contributed by atoms with E-state index in [0.29, 0.717) is 15.4 Å². The molecule has 8 heteroatoms. The number of alkyl halides is 6. The van der Waals surface area contributed by atoms with Gasteiger partial charge in [-0.3, -0.25) is 0 Å². The molecule has 0 aliphatic rings. The molecule has 0 N–H and O–H groups in total. The molecule has 0 aliphatic carbocycles. The largest absolute Gasteiger partial charge is 0.416 e. The summed E-state index contributed by atoms with van der Waals surface area (Å²) < 4.78 is 36.5. The summed E-state index contributed by atoms with van der Waals surface area (Å²) in [6, 6.07) is 4.55. The SMILES string of the molecule is FC(F)(F)c1ccc2nc(C(Cl)(Cl)Cl)cc(Br)c2c1. The number of benzene rings is 1. The average molecular weight is 393 g/mol. The molecule has 0 amide bonds. The zero-order valence-corrected chi connectivity index (χ0v) is 12.8. The van der Waals surface area contributed by atoms with Crippen LogP contribution in [-0.4, -0.2) is 4.98 Å². The van der Waals surface area contributed by atoms with Crippen molar-refractivity contribution in [1.29, 1.82) is 0 Å². The van der Waals surface area contributed by atoms with Crippen LogP contribution < -0.4 is 0 Å². The van der Waals surface area contributed by atoms with E-state index in [-0.39, 0.29) is 5.69 Å². The molecule has 0 fully saturated rings. The molecule has 0 unspecified atom stereocenters. The number of halogens is 7.